The van der Waals surface area contributed by atoms with E-state index in [1.165, 1.54) is 7.11 Å². The number of methoxy groups -OCH3 is 1. The summed E-state index contributed by atoms with van der Waals surface area (Å²) < 4.78 is 10.3. The predicted octanol–water partition coefficient (Wildman–Crippen LogP) is 1.05. The molecule has 0 bridgehead atoms. The van der Waals surface area contributed by atoms with Gasteiger partial charge >= 0.3 is 5.97 Å². The van der Waals surface area contributed by atoms with Crippen LogP contribution >= 0.6 is 0 Å². The summed E-state index contributed by atoms with van der Waals surface area (Å²) in [5, 5.41) is 6.54. The summed E-state index contributed by atoms with van der Waals surface area (Å²) in [5.74, 6) is 1.54. The van der Waals surface area contributed by atoms with Crippen LogP contribution in [0.3, 0.4) is 0 Å². The summed E-state index contributed by atoms with van der Waals surface area (Å²) in [6, 6.07) is 1.94. The summed E-state index contributed by atoms with van der Waals surface area (Å²) in [6.45, 7) is 5.24. The van der Waals surface area contributed by atoms with Gasteiger partial charge < -0.3 is 24.7 Å². The van der Waals surface area contributed by atoms with Gasteiger partial charge in [-0.15, -0.1) is 0 Å². The number of ether oxygens (including phenoxy) is 1. The van der Waals surface area contributed by atoms with E-state index in [4.69, 9.17) is 9.15 Å². The highest BCUT2D eigenvalue weighted by Crippen LogP contribution is 2.15. The minimum absolute atomic E-state index is 0.121. The fourth-order valence-corrected chi connectivity index (χ4v) is 2.84. The number of aliphatic imine (C=N–C) groups is 1. The molecule has 2 N–H and O–H groups in total. The summed E-state index contributed by atoms with van der Waals surface area (Å²) in [5.41, 5.74) is 0.429. The highest BCUT2D eigenvalue weighted by atomic mass is 16.5. The average molecular weight is 350 g/mol. The third-order valence-electron chi connectivity index (χ3n) is 4.31. The molecule has 0 saturated carbocycles. The molecule has 1 aliphatic heterocycles. The monoisotopic (exact) mass is 350 g/mol. The van der Waals surface area contributed by atoms with E-state index in [1.54, 1.807) is 27.0 Å². The fraction of sp³-hybridized carbons (Fsp3) is 0.588. The van der Waals surface area contributed by atoms with Crippen LogP contribution < -0.4 is 10.6 Å². The van der Waals surface area contributed by atoms with Crippen LogP contribution in [-0.4, -0.2) is 56.0 Å². The van der Waals surface area contributed by atoms with Crippen LogP contribution in [0.25, 0.3) is 0 Å². The zero-order valence-corrected chi connectivity index (χ0v) is 15.2. The molecule has 0 spiro atoms. The number of hydrogen-bond acceptors (Lipinski definition) is 5. The maximum atomic E-state index is 11.6. The number of nitrogens with zero attached hydrogens (tertiary/aromatic N) is 2. The van der Waals surface area contributed by atoms with Crippen LogP contribution in [0.2, 0.25) is 0 Å². The Bertz CT molecular complexity index is 645. The first-order valence-corrected chi connectivity index (χ1v) is 8.35. The molecular formula is C17H26N4O4. The van der Waals surface area contributed by atoms with E-state index < -0.39 is 5.97 Å². The van der Waals surface area contributed by atoms with E-state index in [0.717, 1.165) is 25.9 Å². The first-order valence-electron chi connectivity index (χ1n) is 8.35. The Balaban J connectivity index is 1.85. The molecule has 1 fully saturated rings. The lowest BCUT2D eigenvalue weighted by Crippen LogP contribution is -2.49. The molecule has 8 nitrogen and oxygen atoms in total. The number of furan rings is 1. The number of nitrogens with one attached hydrogen (secondary N) is 2. The predicted molar refractivity (Wildman–Crippen MR) is 93.4 cm³/mol. The third kappa shape index (κ3) is 4.98. The largest absolute Gasteiger partial charge is 0.465 e. The van der Waals surface area contributed by atoms with Crippen molar-refractivity contribution in [1.29, 1.82) is 0 Å². The Morgan fingerprint density at radius 3 is 2.64 bits per heavy atom. The number of piperidine rings is 1. The van der Waals surface area contributed by atoms with Crippen molar-refractivity contribution in [2.45, 2.75) is 39.3 Å². The molecule has 2 heterocycles. The topological polar surface area (TPSA) is 96.2 Å². The van der Waals surface area contributed by atoms with Crippen molar-refractivity contribution in [2.24, 2.45) is 4.99 Å². The van der Waals surface area contributed by atoms with Gasteiger partial charge in [-0.05, 0) is 25.8 Å². The molecule has 138 valence electrons. The quantitative estimate of drug-likeness (QED) is 0.479. The van der Waals surface area contributed by atoms with Crippen LogP contribution in [0.5, 0.6) is 0 Å². The lowest BCUT2D eigenvalue weighted by Gasteiger charge is -2.32. The molecule has 0 aliphatic carbocycles. The van der Waals surface area contributed by atoms with Crippen molar-refractivity contribution < 1.29 is 18.7 Å². The van der Waals surface area contributed by atoms with Crippen LogP contribution in [-0.2, 0) is 16.1 Å². The molecule has 0 radical (unpaired) electrons. The second-order valence-corrected chi connectivity index (χ2v) is 6.02. The van der Waals surface area contributed by atoms with E-state index >= 15 is 0 Å². The molecule has 0 aromatic carbocycles. The number of carbonyl (C=O) groups excluding carboxylic acids is 2. The number of rotatable bonds is 4. The fourth-order valence-electron chi connectivity index (χ4n) is 2.84. The Morgan fingerprint density at radius 1 is 1.40 bits per heavy atom. The number of amides is 1. The van der Waals surface area contributed by atoms with Gasteiger partial charge in [0, 0.05) is 33.1 Å². The Labute approximate surface area is 147 Å². The van der Waals surface area contributed by atoms with Gasteiger partial charge in [-0.3, -0.25) is 9.79 Å². The maximum absolute atomic E-state index is 11.6. The number of likely N-dealkylation sites (tertiary alicyclic amines) is 1. The van der Waals surface area contributed by atoms with E-state index in [1.807, 2.05) is 4.90 Å². The second kappa shape index (κ2) is 8.55. The molecule has 1 aliphatic rings. The summed E-state index contributed by atoms with van der Waals surface area (Å²) in [7, 11) is 3.04. The lowest BCUT2D eigenvalue weighted by atomic mass is 10.1. The van der Waals surface area contributed by atoms with Gasteiger partial charge in [0.15, 0.2) is 5.96 Å². The van der Waals surface area contributed by atoms with Gasteiger partial charge in [0.2, 0.25) is 5.91 Å². The molecule has 0 unspecified atom stereocenters. The zero-order valence-electron chi connectivity index (χ0n) is 15.2. The minimum Gasteiger partial charge on any atom is -0.465 e. The molecule has 2 rings (SSSR count). The number of esters is 1. The molecule has 1 saturated heterocycles. The molecule has 1 aromatic heterocycles. The van der Waals surface area contributed by atoms with Crippen LogP contribution in [0.1, 0.15) is 41.6 Å². The maximum Gasteiger partial charge on any atom is 0.341 e. The minimum atomic E-state index is -0.410. The first-order chi connectivity index (χ1) is 11.9. The standard InChI is InChI=1S/C17H26N4O4/c1-11-15(16(23)24-4)9-14(25-11)10-19-17(18-3)20-13-5-7-21(8-6-13)12(2)22/h9,13H,5-8,10H2,1-4H3,(H2,18,19,20). The highest BCUT2D eigenvalue weighted by molar-refractivity contribution is 5.90. The molecule has 1 aromatic rings. The average Bonchev–Trinajstić information content (AvgIpc) is 2.99. The number of hydrogen-bond donors (Lipinski definition) is 2. The van der Waals surface area contributed by atoms with Crippen molar-refractivity contribution in [2.75, 3.05) is 27.2 Å². The normalized spacial score (nSPS) is 15.8. The van der Waals surface area contributed by atoms with E-state index in [2.05, 4.69) is 15.6 Å². The molecule has 8 heteroatoms. The van der Waals surface area contributed by atoms with Crippen molar-refractivity contribution >= 4 is 17.8 Å². The second-order valence-electron chi connectivity index (χ2n) is 6.02. The van der Waals surface area contributed by atoms with Crippen molar-refractivity contribution in [3.63, 3.8) is 0 Å². The van der Waals surface area contributed by atoms with Crippen LogP contribution in [0, 0.1) is 6.92 Å². The lowest BCUT2D eigenvalue weighted by molar-refractivity contribution is -0.129. The Morgan fingerprint density at radius 2 is 2.08 bits per heavy atom. The Kier molecular flexibility index (Phi) is 6.44. The highest BCUT2D eigenvalue weighted by Gasteiger charge is 2.21. The summed E-state index contributed by atoms with van der Waals surface area (Å²) in [6.07, 6.45) is 1.76. The van der Waals surface area contributed by atoms with Gasteiger partial charge in [-0.25, -0.2) is 4.79 Å². The van der Waals surface area contributed by atoms with Crippen LogP contribution in [0.4, 0.5) is 0 Å². The number of aryl methyl sites for hydroxylation is 1. The SMILES string of the molecule is CN=C(NCc1cc(C(=O)OC)c(C)o1)NC1CCN(C(C)=O)CC1. The van der Waals surface area contributed by atoms with Gasteiger partial charge in [-0.1, -0.05) is 0 Å². The van der Waals surface area contributed by atoms with Gasteiger partial charge in [0.05, 0.1) is 13.7 Å². The molecule has 1 amide bonds. The zero-order chi connectivity index (χ0) is 18.4. The van der Waals surface area contributed by atoms with Crippen molar-refractivity contribution in [3.05, 3.63) is 23.2 Å². The van der Waals surface area contributed by atoms with E-state index in [0.29, 0.717) is 29.6 Å². The van der Waals surface area contributed by atoms with Gasteiger partial charge in [0.25, 0.3) is 0 Å². The Hall–Kier alpha value is -2.51. The van der Waals surface area contributed by atoms with Gasteiger partial charge in [-0.2, -0.15) is 0 Å². The van der Waals surface area contributed by atoms with E-state index in [9.17, 15) is 9.59 Å². The van der Waals surface area contributed by atoms with E-state index in [-0.39, 0.29) is 11.9 Å². The molecular weight excluding hydrogens is 324 g/mol. The summed E-state index contributed by atoms with van der Waals surface area (Å²) >= 11 is 0. The number of carbonyl (C=O) groups is 2. The first kappa shape index (κ1) is 18.8. The number of guanidine groups is 1. The smallest absolute Gasteiger partial charge is 0.341 e. The molecule has 0 atom stereocenters. The van der Waals surface area contributed by atoms with Crippen molar-refractivity contribution in [3.8, 4) is 0 Å². The summed E-state index contributed by atoms with van der Waals surface area (Å²) in [4.78, 5) is 29.0. The van der Waals surface area contributed by atoms with Crippen LogP contribution in [0.15, 0.2) is 15.5 Å². The third-order valence-corrected chi connectivity index (χ3v) is 4.31. The van der Waals surface area contributed by atoms with Gasteiger partial charge in [0.1, 0.15) is 17.1 Å². The van der Waals surface area contributed by atoms with Crippen molar-refractivity contribution in [1.82, 2.24) is 15.5 Å². The molecule has 25 heavy (non-hydrogen) atoms.